The molecule has 0 aliphatic heterocycles. The summed E-state index contributed by atoms with van der Waals surface area (Å²) < 4.78 is 7.30. The molecule has 3 aromatic rings. The zero-order valence-electron chi connectivity index (χ0n) is 16.4. The molecule has 0 fully saturated rings. The monoisotopic (exact) mass is 375 g/mol. The molecule has 1 heterocycles. The third-order valence-electron chi connectivity index (χ3n) is 4.49. The van der Waals surface area contributed by atoms with Crippen LogP contribution in [0.3, 0.4) is 0 Å². The highest BCUT2D eigenvalue weighted by molar-refractivity contribution is 5.92. The van der Waals surface area contributed by atoms with Crippen molar-refractivity contribution in [1.29, 1.82) is 0 Å². The molecule has 0 spiro atoms. The third kappa shape index (κ3) is 4.68. The Morgan fingerprint density at radius 1 is 1.18 bits per heavy atom. The number of nitrogens with one attached hydrogen (secondary N) is 1. The fourth-order valence-corrected chi connectivity index (χ4v) is 3.03. The SMILES string of the molecule is CCOc1ccc(/C=C\C(=O)N[C@H](C)c2cnn(-c3ccccc3)c2C)cc1. The molecule has 0 aliphatic rings. The second-order valence-electron chi connectivity index (χ2n) is 6.50. The van der Waals surface area contributed by atoms with E-state index in [2.05, 4.69) is 10.4 Å². The summed E-state index contributed by atoms with van der Waals surface area (Å²) in [5.41, 5.74) is 3.95. The van der Waals surface area contributed by atoms with Crippen LogP contribution in [0.25, 0.3) is 11.8 Å². The van der Waals surface area contributed by atoms with E-state index in [0.29, 0.717) is 6.61 Å². The summed E-state index contributed by atoms with van der Waals surface area (Å²) >= 11 is 0. The quantitative estimate of drug-likeness (QED) is 0.620. The summed E-state index contributed by atoms with van der Waals surface area (Å²) in [7, 11) is 0. The second kappa shape index (κ2) is 9.04. The second-order valence-corrected chi connectivity index (χ2v) is 6.50. The molecule has 0 aliphatic carbocycles. The molecule has 28 heavy (non-hydrogen) atoms. The zero-order chi connectivity index (χ0) is 19.9. The first-order valence-corrected chi connectivity index (χ1v) is 9.40. The lowest BCUT2D eigenvalue weighted by atomic mass is 10.1. The Kier molecular flexibility index (Phi) is 6.27. The third-order valence-corrected chi connectivity index (χ3v) is 4.49. The van der Waals surface area contributed by atoms with E-state index in [-0.39, 0.29) is 11.9 Å². The van der Waals surface area contributed by atoms with Crippen LogP contribution in [0, 0.1) is 6.92 Å². The van der Waals surface area contributed by atoms with Gasteiger partial charge in [-0.05, 0) is 56.7 Å². The molecule has 1 amide bonds. The highest BCUT2D eigenvalue weighted by Crippen LogP contribution is 2.20. The lowest BCUT2D eigenvalue weighted by Gasteiger charge is -2.13. The standard InChI is InChI=1S/C23H25N3O2/c1-4-28-21-13-10-19(11-14-21)12-15-23(27)25-17(2)22-16-24-26(18(22)3)20-8-6-5-7-9-20/h5-17H,4H2,1-3H3,(H,25,27)/b15-12-/t17-/m1/s1. The highest BCUT2D eigenvalue weighted by atomic mass is 16.5. The van der Waals surface area contributed by atoms with Gasteiger partial charge in [-0.2, -0.15) is 5.10 Å². The number of rotatable bonds is 7. The number of nitrogens with zero attached hydrogens (tertiary/aromatic N) is 2. The van der Waals surface area contributed by atoms with Gasteiger partial charge in [0.2, 0.25) is 5.91 Å². The van der Waals surface area contributed by atoms with Crippen LogP contribution in [-0.2, 0) is 4.79 Å². The van der Waals surface area contributed by atoms with Crippen molar-refractivity contribution in [2.24, 2.45) is 0 Å². The maximum absolute atomic E-state index is 12.3. The van der Waals surface area contributed by atoms with Crippen molar-refractivity contribution < 1.29 is 9.53 Å². The molecule has 1 atom stereocenters. The molecule has 3 rings (SSSR count). The molecule has 1 N–H and O–H groups in total. The fraction of sp³-hybridized carbons (Fsp3) is 0.217. The largest absolute Gasteiger partial charge is 0.494 e. The molecular formula is C23H25N3O2. The number of amides is 1. The average Bonchev–Trinajstić information content (AvgIpc) is 3.10. The van der Waals surface area contributed by atoms with Gasteiger partial charge in [0.15, 0.2) is 0 Å². The lowest BCUT2D eigenvalue weighted by molar-refractivity contribution is -0.117. The molecule has 0 unspecified atom stereocenters. The van der Waals surface area contributed by atoms with Crippen LogP contribution in [0.15, 0.2) is 66.9 Å². The number of para-hydroxylation sites is 1. The Bertz CT molecular complexity index is 944. The predicted molar refractivity (Wildman–Crippen MR) is 112 cm³/mol. The van der Waals surface area contributed by atoms with Crippen molar-refractivity contribution in [1.82, 2.24) is 15.1 Å². The van der Waals surface area contributed by atoms with Crippen molar-refractivity contribution in [2.45, 2.75) is 26.8 Å². The minimum atomic E-state index is -0.145. The molecule has 0 radical (unpaired) electrons. The van der Waals surface area contributed by atoms with Crippen LogP contribution >= 0.6 is 0 Å². The first-order valence-electron chi connectivity index (χ1n) is 9.40. The molecule has 5 nitrogen and oxygen atoms in total. The summed E-state index contributed by atoms with van der Waals surface area (Å²) in [6.07, 6.45) is 5.14. The summed E-state index contributed by atoms with van der Waals surface area (Å²) in [6, 6.07) is 17.4. The van der Waals surface area contributed by atoms with E-state index in [4.69, 9.17) is 4.74 Å². The van der Waals surface area contributed by atoms with E-state index in [1.165, 1.54) is 0 Å². The zero-order valence-corrected chi connectivity index (χ0v) is 16.4. The van der Waals surface area contributed by atoms with Gasteiger partial charge in [-0.25, -0.2) is 4.68 Å². The Hall–Kier alpha value is -3.34. The number of ether oxygens (including phenoxy) is 1. The molecule has 1 aromatic heterocycles. The van der Waals surface area contributed by atoms with Crippen molar-refractivity contribution in [3.63, 3.8) is 0 Å². The molecule has 144 valence electrons. The Labute approximate surface area is 165 Å². The molecular weight excluding hydrogens is 350 g/mol. The number of carbonyl (C=O) groups excluding carboxylic acids is 1. The molecule has 0 bridgehead atoms. The van der Waals surface area contributed by atoms with Gasteiger partial charge >= 0.3 is 0 Å². The van der Waals surface area contributed by atoms with Gasteiger partial charge in [0, 0.05) is 17.3 Å². The van der Waals surface area contributed by atoms with E-state index in [1.807, 2.05) is 86.2 Å². The van der Waals surface area contributed by atoms with E-state index < -0.39 is 0 Å². The van der Waals surface area contributed by atoms with E-state index in [0.717, 1.165) is 28.3 Å². The van der Waals surface area contributed by atoms with Gasteiger partial charge in [-0.3, -0.25) is 4.79 Å². The van der Waals surface area contributed by atoms with Crippen LogP contribution in [0.4, 0.5) is 0 Å². The van der Waals surface area contributed by atoms with Crippen LogP contribution in [0.5, 0.6) is 5.75 Å². The van der Waals surface area contributed by atoms with Crippen LogP contribution in [-0.4, -0.2) is 22.3 Å². The average molecular weight is 375 g/mol. The van der Waals surface area contributed by atoms with Crippen LogP contribution in [0.2, 0.25) is 0 Å². The first kappa shape index (κ1) is 19.4. The van der Waals surface area contributed by atoms with Gasteiger partial charge in [-0.15, -0.1) is 0 Å². The van der Waals surface area contributed by atoms with Gasteiger partial charge < -0.3 is 10.1 Å². The van der Waals surface area contributed by atoms with Crippen molar-refractivity contribution in [2.75, 3.05) is 6.61 Å². The minimum absolute atomic E-state index is 0.144. The number of carbonyl (C=O) groups is 1. The Morgan fingerprint density at radius 3 is 2.57 bits per heavy atom. The summed E-state index contributed by atoms with van der Waals surface area (Å²) in [4.78, 5) is 12.3. The van der Waals surface area contributed by atoms with Crippen LogP contribution in [0.1, 0.15) is 36.7 Å². The molecule has 5 heteroatoms. The number of hydrogen-bond acceptors (Lipinski definition) is 3. The maximum atomic E-state index is 12.3. The number of benzene rings is 2. The maximum Gasteiger partial charge on any atom is 0.244 e. The normalized spacial score (nSPS) is 12.1. The Morgan fingerprint density at radius 2 is 1.89 bits per heavy atom. The summed E-state index contributed by atoms with van der Waals surface area (Å²) in [5.74, 6) is 0.678. The summed E-state index contributed by atoms with van der Waals surface area (Å²) in [6.45, 7) is 6.55. The highest BCUT2D eigenvalue weighted by Gasteiger charge is 2.15. The van der Waals surface area contributed by atoms with E-state index in [9.17, 15) is 4.79 Å². The fourth-order valence-electron chi connectivity index (χ4n) is 3.03. The van der Waals surface area contributed by atoms with E-state index in [1.54, 1.807) is 12.2 Å². The van der Waals surface area contributed by atoms with Crippen molar-refractivity contribution >= 4 is 12.0 Å². The minimum Gasteiger partial charge on any atom is -0.494 e. The number of hydrogen-bond donors (Lipinski definition) is 1. The predicted octanol–water partition coefficient (Wildman–Crippen LogP) is 4.47. The van der Waals surface area contributed by atoms with E-state index >= 15 is 0 Å². The molecule has 2 aromatic carbocycles. The molecule has 0 saturated carbocycles. The number of aromatic nitrogens is 2. The lowest BCUT2D eigenvalue weighted by Crippen LogP contribution is -2.25. The van der Waals surface area contributed by atoms with Gasteiger partial charge in [0.1, 0.15) is 5.75 Å². The van der Waals surface area contributed by atoms with Crippen molar-refractivity contribution in [3.8, 4) is 11.4 Å². The smallest absolute Gasteiger partial charge is 0.244 e. The van der Waals surface area contributed by atoms with Gasteiger partial charge in [-0.1, -0.05) is 30.3 Å². The first-order chi connectivity index (χ1) is 13.6. The summed E-state index contributed by atoms with van der Waals surface area (Å²) in [5, 5.41) is 7.47. The van der Waals surface area contributed by atoms with Crippen molar-refractivity contribution in [3.05, 3.63) is 83.7 Å². The Balaban J connectivity index is 1.63. The molecule has 0 saturated heterocycles. The topological polar surface area (TPSA) is 56.1 Å². The van der Waals surface area contributed by atoms with Gasteiger partial charge in [0.05, 0.1) is 24.5 Å². The van der Waals surface area contributed by atoms with Gasteiger partial charge in [0.25, 0.3) is 0 Å². The van der Waals surface area contributed by atoms with Crippen LogP contribution < -0.4 is 10.1 Å².